The minimum atomic E-state index is -3.61. The Labute approximate surface area is 106 Å². The maximum atomic E-state index is 12.0. The summed E-state index contributed by atoms with van der Waals surface area (Å²) in [5.74, 6) is 0.289. The summed E-state index contributed by atoms with van der Waals surface area (Å²) < 4.78 is 26.4. The van der Waals surface area contributed by atoms with E-state index in [9.17, 15) is 8.42 Å². The van der Waals surface area contributed by atoms with Crippen molar-refractivity contribution >= 4 is 21.5 Å². The first kappa shape index (κ1) is 12.4. The minimum absolute atomic E-state index is 0.152. The summed E-state index contributed by atoms with van der Waals surface area (Å²) in [4.78, 5) is 4.14. The maximum Gasteiger partial charge on any atom is 0.263 e. The standard InChI is InChI=1S/C12H13N3O2S/c1-9-2-7-12(14-8-9)15-18(16,17)11-5-3-10(13)4-6-11/h2-8H,13H2,1H3,(H,14,15). The molecule has 2 aromatic rings. The molecule has 0 aliphatic carbocycles. The molecule has 1 heterocycles. The van der Waals surface area contributed by atoms with E-state index in [4.69, 9.17) is 5.73 Å². The summed E-state index contributed by atoms with van der Waals surface area (Å²) >= 11 is 0. The molecule has 6 heteroatoms. The van der Waals surface area contributed by atoms with Crippen LogP contribution in [0.5, 0.6) is 0 Å². The van der Waals surface area contributed by atoms with Crippen LogP contribution >= 0.6 is 0 Å². The number of nitrogens with zero attached hydrogens (tertiary/aromatic N) is 1. The van der Waals surface area contributed by atoms with Crippen molar-refractivity contribution < 1.29 is 8.42 Å². The maximum absolute atomic E-state index is 12.0. The average molecular weight is 263 g/mol. The molecule has 0 aliphatic rings. The SMILES string of the molecule is Cc1ccc(NS(=O)(=O)c2ccc(N)cc2)nc1. The third-order valence-corrected chi connectivity index (χ3v) is 3.71. The molecule has 0 aliphatic heterocycles. The molecule has 0 fully saturated rings. The summed E-state index contributed by atoms with van der Waals surface area (Å²) in [7, 11) is -3.61. The van der Waals surface area contributed by atoms with Crippen molar-refractivity contribution in [2.45, 2.75) is 11.8 Å². The van der Waals surface area contributed by atoms with E-state index in [-0.39, 0.29) is 10.7 Å². The van der Waals surface area contributed by atoms with Gasteiger partial charge in [0.1, 0.15) is 5.82 Å². The number of aromatic nitrogens is 1. The normalized spacial score (nSPS) is 11.2. The number of nitrogen functional groups attached to an aromatic ring is 1. The minimum Gasteiger partial charge on any atom is -0.399 e. The zero-order valence-corrected chi connectivity index (χ0v) is 10.6. The van der Waals surface area contributed by atoms with E-state index in [0.29, 0.717) is 5.69 Å². The van der Waals surface area contributed by atoms with Crippen LogP contribution in [-0.2, 0) is 10.0 Å². The molecule has 0 saturated carbocycles. The first-order chi connectivity index (χ1) is 8.47. The van der Waals surface area contributed by atoms with Crippen LogP contribution in [0.15, 0.2) is 47.5 Å². The molecule has 94 valence electrons. The number of pyridine rings is 1. The highest BCUT2D eigenvalue weighted by molar-refractivity contribution is 7.92. The van der Waals surface area contributed by atoms with Crippen LogP contribution in [0.1, 0.15) is 5.56 Å². The number of benzene rings is 1. The van der Waals surface area contributed by atoms with Gasteiger partial charge in [-0.2, -0.15) is 0 Å². The monoisotopic (exact) mass is 263 g/mol. The molecular weight excluding hydrogens is 250 g/mol. The first-order valence-corrected chi connectivity index (χ1v) is 6.77. The predicted molar refractivity (Wildman–Crippen MR) is 70.6 cm³/mol. The van der Waals surface area contributed by atoms with Gasteiger partial charge in [0, 0.05) is 11.9 Å². The molecule has 5 nitrogen and oxygen atoms in total. The van der Waals surface area contributed by atoms with Crippen LogP contribution in [0.4, 0.5) is 11.5 Å². The lowest BCUT2D eigenvalue weighted by molar-refractivity contribution is 0.601. The Hall–Kier alpha value is -2.08. The Balaban J connectivity index is 2.27. The fraction of sp³-hybridized carbons (Fsp3) is 0.0833. The van der Waals surface area contributed by atoms with E-state index in [1.807, 2.05) is 6.92 Å². The van der Waals surface area contributed by atoms with Gasteiger partial charge in [-0.25, -0.2) is 13.4 Å². The Morgan fingerprint density at radius 1 is 1.11 bits per heavy atom. The number of nitrogens with two attached hydrogens (primary N) is 1. The van der Waals surface area contributed by atoms with Crippen LogP contribution in [0.3, 0.4) is 0 Å². The van der Waals surface area contributed by atoms with Gasteiger partial charge in [0.15, 0.2) is 0 Å². The summed E-state index contributed by atoms with van der Waals surface area (Å²) in [6, 6.07) is 9.38. The Bertz CT molecular complexity index is 634. The number of hydrogen-bond acceptors (Lipinski definition) is 4. The Morgan fingerprint density at radius 3 is 2.33 bits per heavy atom. The third kappa shape index (κ3) is 2.78. The quantitative estimate of drug-likeness (QED) is 0.826. The number of hydrogen-bond donors (Lipinski definition) is 2. The predicted octanol–water partition coefficient (Wildman–Crippen LogP) is 1.77. The highest BCUT2D eigenvalue weighted by Crippen LogP contribution is 2.15. The molecule has 3 N–H and O–H groups in total. The fourth-order valence-electron chi connectivity index (χ4n) is 1.37. The molecule has 1 aromatic heterocycles. The van der Waals surface area contributed by atoms with Gasteiger partial charge in [-0.05, 0) is 42.8 Å². The summed E-state index contributed by atoms with van der Waals surface area (Å²) in [5, 5.41) is 0. The van der Waals surface area contributed by atoms with Crippen LogP contribution < -0.4 is 10.5 Å². The zero-order chi connectivity index (χ0) is 13.2. The van der Waals surface area contributed by atoms with Gasteiger partial charge >= 0.3 is 0 Å². The molecule has 0 atom stereocenters. The van der Waals surface area contributed by atoms with Gasteiger partial charge in [0.25, 0.3) is 10.0 Å². The van der Waals surface area contributed by atoms with Crippen LogP contribution in [0, 0.1) is 6.92 Å². The molecule has 0 saturated heterocycles. The number of rotatable bonds is 3. The molecule has 0 unspecified atom stereocenters. The van der Waals surface area contributed by atoms with Crippen molar-refractivity contribution in [3.8, 4) is 0 Å². The van der Waals surface area contributed by atoms with E-state index >= 15 is 0 Å². The smallest absolute Gasteiger partial charge is 0.263 e. The van der Waals surface area contributed by atoms with E-state index in [1.165, 1.54) is 24.3 Å². The van der Waals surface area contributed by atoms with Gasteiger partial charge in [-0.1, -0.05) is 6.07 Å². The highest BCUT2D eigenvalue weighted by atomic mass is 32.2. The van der Waals surface area contributed by atoms with Crippen molar-refractivity contribution in [2.75, 3.05) is 10.5 Å². The second-order valence-corrected chi connectivity index (χ2v) is 5.58. The topological polar surface area (TPSA) is 85.1 Å². The molecule has 0 radical (unpaired) electrons. The molecule has 0 spiro atoms. The van der Waals surface area contributed by atoms with Gasteiger partial charge in [-0.15, -0.1) is 0 Å². The molecular formula is C12H13N3O2S. The summed E-state index contributed by atoms with van der Waals surface area (Å²) in [6.45, 7) is 1.88. The Kier molecular flexibility index (Phi) is 3.20. The van der Waals surface area contributed by atoms with Crippen LogP contribution in [-0.4, -0.2) is 13.4 Å². The van der Waals surface area contributed by atoms with Gasteiger partial charge in [0.05, 0.1) is 4.90 Å². The first-order valence-electron chi connectivity index (χ1n) is 5.28. The van der Waals surface area contributed by atoms with E-state index < -0.39 is 10.0 Å². The van der Waals surface area contributed by atoms with E-state index in [2.05, 4.69) is 9.71 Å². The molecule has 18 heavy (non-hydrogen) atoms. The molecule has 1 aromatic carbocycles. The lowest BCUT2D eigenvalue weighted by atomic mass is 10.3. The van der Waals surface area contributed by atoms with Crippen LogP contribution in [0.25, 0.3) is 0 Å². The molecule has 2 rings (SSSR count). The van der Waals surface area contributed by atoms with Crippen molar-refractivity contribution in [2.24, 2.45) is 0 Å². The van der Waals surface area contributed by atoms with Gasteiger partial charge in [-0.3, -0.25) is 4.72 Å². The highest BCUT2D eigenvalue weighted by Gasteiger charge is 2.14. The third-order valence-electron chi connectivity index (χ3n) is 2.34. The van der Waals surface area contributed by atoms with Crippen molar-refractivity contribution in [1.82, 2.24) is 4.98 Å². The average Bonchev–Trinajstić information content (AvgIpc) is 2.32. The number of sulfonamides is 1. The van der Waals surface area contributed by atoms with E-state index in [1.54, 1.807) is 18.3 Å². The largest absolute Gasteiger partial charge is 0.399 e. The van der Waals surface area contributed by atoms with Gasteiger partial charge < -0.3 is 5.73 Å². The number of anilines is 2. The Morgan fingerprint density at radius 2 is 1.78 bits per heavy atom. The number of aryl methyl sites for hydroxylation is 1. The van der Waals surface area contributed by atoms with Crippen molar-refractivity contribution in [3.63, 3.8) is 0 Å². The van der Waals surface area contributed by atoms with E-state index in [0.717, 1.165) is 5.56 Å². The lowest BCUT2D eigenvalue weighted by Crippen LogP contribution is -2.13. The fourth-order valence-corrected chi connectivity index (χ4v) is 2.38. The molecule has 0 bridgehead atoms. The molecule has 0 amide bonds. The summed E-state index contributed by atoms with van der Waals surface area (Å²) in [5.41, 5.74) is 6.99. The second-order valence-electron chi connectivity index (χ2n) is 3.90. The lowest BCUT2D eigenvalue weighted by Gasteiger charge is -2.07. The zero-order valence-electron chi connectivity index (χ0n) is 9.79. The van der Waals surface area contributed by atoms with Crippen molar-refractivity contribution in [3.05, 3.63) is 48.2 Å². The van der Waals surface area contributed by atoms with Crippen LogP contribution in [0.2, 0.25) is 0 Å². The second kappa shape index (κ2) is 4.66. The van der Waals surface area contributed by atoms with Crippen molar-refractivity contribution in [1.29, 1.82) is 0 Å². The van der Waals surface area contributed by atoms with Gasteiger partial charge in [0.2, 0.25) is 0 Å². The summed E-state index contributed by atoms with van der Waals surface area (Å²) in [6.07, 6.45) is 1.60. The number of nitrogens with one attached hydrogen (secondary N) is 1.